The number of rotatable bonds is 8. The van der Waals surface area contributed by atoms with Crippen LogP contribution in [0.1, 0.15) is 53.9 Å². The summed E-state index contributed by atoms with van der Waals surface area (Å²) in [6.07, 6.45) is 4.13. The summed E-state index contributed by atoms with van der Waals surface area (Å²) in [5, 5.41) is 8.14. The van der Waals surface area contributed by atoms with E-state index in [2.05, 4.69) is 15.3 Å². The Kier molecular flexibility index (Phi) is 8.23. The summed E-state index contributed by atoms with van der Waals surface area (Å²) in [5.41, 5.74) is -0.373. The van der Waals surface area contributed by atoms with Gasteiger partial charge in [-0.25, -0.2) is 13.8 Å². The first-order chi connectivity index (χ1) is 18.8. The second-order valence-corrected chi connectivity index (χ2v) is 14.0. The van der Waals surface area contributed by atoms with Gasteiger partial charge in [0.25, 0.3) is 5.56 Å². The van der Waals surface area contributed by atoms with E-state index < -0.39 is 32.9 Å². The van der Waals surface area contributed by atoms with Gasteiger partial charge in [-0.05, 0) is 77.8 Å². The van der Waals surface area contributed by atoms with E-state index >= 15 is 0 Å². The van der Waals surface area contributed by atoms with Crippen LogP contribution in [0, 0.1) is 4.78 Å². The van der Waals surface area contributed by atoms with Crippen molar-refractivity contribution < 1.29 is 18.5 Å². The number of hydrogen-bond donors (Lipinski definition) is 3. The van der Waals surface area contributed by atoms with Gasteiger partial charge in [0.2, 0.25) is 0 Å². The van der Waals surface area contributed by atoms with Crippen molar-refractivity contribution in [3.8, 4) is 0 Å². The second-order valence-electron chi connectivity index (χ2n) is 11.4. The lowest BCUT2D eigenvalue weighted by atomic mass is 9.87. The molecule has 1 aromatic carbocycles. The first kappa shape index (κ1) is 29.5. The average molecular weight is 571 g/mol. The maximum absolute atomic E-state index is 13.0. The number of H-pyrrole nitrogens is 1. The van der Waals surface area contributed by atoms with Crippen molar-refractivity contribution in [3.63, 3.8) is 0 Å². The summed E-state index contributed by atoms with van der Waals surface area (Å²) in [6, 6.07) is 8.56. The summed E-state index contributed by atoms with van der Waals surface area (Å²) >= 11 is 0. The molecular weight excluding hydrogens is 532 g/mol. The quantitative estimate of drug-likeness (QED) is 0.265. The van der Waals surface area contributed by atoms with Gasteiger partial charge in [0.15, 0.2) is 11.9 Å². The van der Waals surface area contributed by atoms with Gasteiger partial charge in [0, 0.05) is 41.7 Å². The molecule has 11 nitrogen and oxygen atoms in total. The number of hydrogen-bond acceptors (Lipinski definition) is 9. The summed E-state index contributed by atoms with van der Waals surface area (Å²) in [7, 11) is -1.23. The average Bonchev–Trinajstić information content (AvgIpc) is 3.27. The fourth-order valence-electron chi connectivity index (χ4n) is 4.72. The van der Waals surface area contributed by atoms with Crippen LogP contribution in [0.3, 0.4) is 0 Å². The third-order valence-electron chi connectivity index (χ3n) is 6.93. The fraction of sp³-hybridized carbons (Fsp3) is 0.500. The molecule has 3 heterocycles. The second kappa shape index (κ2) is 11.2. The Bertz CT molecular complexity index is 1560. The molecule has 2 aromatic heterocycles. The van der Waals surface area contributed by atoms with Gasteiger partial charge in [-0.15, -0.1) is 0 Å². The van der Waals surface area contributed by atoms with Crippen molar-refractivity contribution in [1.29, 1.82) is 4.78 Å². The highest BCUT2D eigenvalue weighted by Gasteiger charge is 2.42. The van der Waals surface area contributed by atoms with E-state index in [1.54, 1.807) is 68.3 Å². The lowest BCUT2D eigenvalue weighted by Gasteiger charge is -2.39. The molecule has 1 aliphatic rings. The largest absolute Gasteiger partial charge is 0.458 e. The van der Waals surface area contributed by atoms with Gasteiger partial charge in [0.1, 0.15) is 11.0 Å². The van der Waals surface area contributed by atoms with Crippen LogP contribution in [-0.2, 0) is 29.5 Å². The first-order valence-corrected chi connectivity index (χ1v) is 14.9. The molecular formula is C28H38N6O5S. The number of aliphatic imine (C=N–C) groups is 1. The smallest absolute Gasteiger partial charge is 0.335 e. The molecule has 0 spiro atoms. The fourth-order valence-corrected chi connectivity index (χ4v) is 5.80. The van der Waals surface area contributed by atoms with E-state index in [4.69, 9.17) is 19.4 Å². The molecule has 0 saturated carbocycles. The van der Waals surface area contributed by atoms with Crippen molar-refractivity contribution in [2.24, 2.45) is 4.99 Å². The molecule has 3 N–H and O–H groups in total. The topological polar surface area (TPSA) is 152 Å². The number of pyridine rings is 1. The first-order valence-electron chi connectivity index (χ1n) is 13.3. The third-order valence-corrected chi connectivity index (χ3v) is 9.23. The normalized spacial score (nSPS) is 21.5. The Morgan fingerprint density at radius 3 is 2.62 bits per heavy atom. The summed E-state index contributed by atoms with van der Waals surface area (Å²) in [4.78, 5) is 33.0. The zero-order valence-electron chi connectivity index (χ0n) is 23.8. The van der Waals surface area contributed by atoms with Crippen molar-refractivity contribution in [1.82, 2.24) is 14.8 Å². The van der Waals surface area contributed by atoms with E-state index in [0.717, 1.165) is 0 Å². The van der Waals surface area contributed by atoms with Crippen LogP contribution >= 0.6 is 0 Å². The molecule has 1 fully saturated rings. The standard InChI is InChI=1S/C28H38N6O5S/c1-18(2)40(29,37)20-9-7-19(8-10-20)32-24-23-21(12-15-31-25(23)35)34(33-24)28(14-16-30-6)13-11-22(38-17-28)26(36)39-27(3,4)5/h7-10,12,15-16,18,22,29H,11,13-14,17H2,1-6H3,(H,31,35)(H,32,33)/t22-,28-,40?/m0/s1. The number of carbonyl (C=O) groups is 1. The lowest BCUT2D eigenvalue weighted by molar-refractivity contribution is -0.176. The van der Waals surface area contributed by atoms with Gasteiger partial charge in [-0.3, -0.25) is 9.48 Å². The molecule has 12 heteroatoms. The number of fused-ring (bicyclic) bond motifs is 1. The highest BCUT2D eigenvalue weighted by molar-refractivity contribution is 7.93. The zero-order valence-corrected chi connectivity index (χ0v) is 24.6. The molecule has 0 aliphatic carbocycles. The molecule has 3 atom stereocenters. The van der Waals surface area contributed by atoms with Gasteiger partial charge in [-0.1, -0.05) is 0 Å². The maximum atomic E-state index is 13.0. The molecule has 3 aromatic rings. The van der Waals surface area contributed by atoms with Crippen molar-refractivity contribution in [2.75, 3.05) is 19.0 Å². The lowest BCUT2D eigenvalue weighted by Crippen LogP contribution is -2.48. The van der Waals surface area contributed by atoms with Crippen LogP contribution in [0.5, 0.6) is 0 Å². The Labute approximate surface area is 234 Å². The van der Waals surface area contributed by atoms with Crippen LogP contribution in [-0.4, -0.2) is 61.8 Å². The van der Waals surface area contributed by atoms with Crippen LogP contribution in [0.2, 0.25) is 0 Å². The van der Waals surface area contributed by atoms with E-state index in [-0.39, 0.29) is 17.4 Å². The Morgan fingerprint density at radius 2 is 2.05 bits per heavy atom. The predicted molar refractivity (Wildman–Crippen MR) is 156 cm³/mol. The monoisotopic (exact) mass is 570 g/mol. The predicted octanol–water partition coefficient (Wildman–Crippen LogP) is 4.59. The minimum Gasteiger partial charge on any atom is -0.458 e. The third kappa shape index (κ3) is 5.97. The number of anilines is 2. The molecule has 216 valence electrons. The molecule has 0 bridgehead atoms. The van der Waals surface area contributed by atoms with Crippen LogP contribution in [0.4, 0.5) is 11.5 Å². The van der Waals surface area contributed by atoms with Crippen LogP contribution in [0.15, 0.2) is 51.2 Å². The van der Waals surface area contributed by atoms with Gasteiger partial charge in [-0.2, -0.15) is 5.10 Å². The Morgan fingerprint density at radius 1 is 1.35 bits per heavy atom. The number of nitrogens with one attached hydrogen (secondary N) is 3. The number of benzene rings is 1. The van der Waals surface area contributed by atoms with Crippen LogP contribution < -0.4 is 10.9 Å². The van der Waals surface area contributed by atoms with Crippen molar-refractivity contribution in [3.05, 3.63) is 46.9 Å². The van der Waals surface area contributed by atoms with E-state index in [9.17, 15) is 13.8 Å². The molecule has 1 aliphatic heterocycles. The molecule has 0 radical (unpaired) electrons. The SMILES string of the molecule is CN=CC[C@@]1(n2nc(Nc3ccc(S(=N)(=O)C(C)C)cc3)c3c(=O)[nH]ccc32)CC[C@@H](C(=O)OC(C)(C)C)OC1. The molecule has 40 heavy (non-hydrogen) atoms. The summed E-state index contributed by atoms with van der Waals surface area (Å²) < 4.78 is 34.4. The van der Waals surface area contributed by atoms with Crippen molar-refractivity contribution in [2.45, 2.75) is 81.3 Å². The van der Waals surface area contributed by atoms with E-state index in [1.807, 2.05) is 20.8 Å². The Hall–Kier alpha value is -3.51. The number of aromatic nitrogens is 3. The van der Waals surface area contributed by atoms with Crippen LogP contribution in [0.25, 0.3) is 10.9 Å². The van der Waals surface area contributed by atoms with E-state index in [0.29, 0.717) is 46.6 Å². The highest BCUT2D eigenvalue weighted by Crippen LogP contribution is 2.37. The number of esters is 1. The number of nitrogens with zero attached hydrogens (tertiary/aromatic N) is 3. The minimum atomic E-state index is -2.92. The van der Waals surface area contributed by atoms with Gasteiger partial charge >= 0.3 is 5.97 Å². The molecule has 4 rings (SSSR count). The Balaban J connectivity index is 1.70. The molecule has 1 saturated heterocycles. The van der Waals surface area contributed by atoms with Gasteiger partial charge in [0.05, 0.1) is 27.4 Å². The molecule has 1 unspecified atom stereocenters. The number of aromatic amines is 1. The number of ether oxygens (including phenoxy) is 2. The maximum Gasteiger partial charge on any atom is 0.335 e. The highest BCUT2D eigenvalue weighted by atomic mass is 32.2. The summed E-state index contributed by atoms with van der Waals surface area (Å²) in [5.74, 6) is -0.0472. The molecule has 0 amide bonds. The summed E-state index contributed by atoms with van der Waals surface area (Å²) in [6.45, 7) is 9.16. The van der Waals surface area contributed by atoms with E-state index in [1.165, 1.54) is 0 Å². The van der Waals surface area contributed by atoms with Crippen molar-refractivity contribution >= 4 is 44.3 Å². The minimum absolute atomic E-state index is 0.174. The van der Waals surface area contributed by atoms with Gasteiger partial charge < -0.3 is 24.8 Å². The zero-order chi connectivity index (χ0) is 29.3. The number of carbonyl (C=O) groups excluding carboxylic acids is 1.